The topological polar surface area (TPSA) is 213 Å². The number of hydrogen-bond donors (Lipinski definition) is 6. The van der Waals surface area contributed by atoms with Gasteiger partial charge in [-0.1, -0.05) is 35.5 Å². The normalized spacial score (nSPS) is 17.1. The fourth-order valence-corrected chi connectivity index (χ4v) is 5.31. The highest BCUT2D eigenvalue weighted by Gasteiger charge is 2.43. The van der Waals surface area contributed by atoms with E-state index in [0.29, 0.717) is 59.2 Å². The molecule has 3 atom stereocenters. The third-order valence-electron chi connectivity index (χ3n) is 7.66. The quantitative estimate of drug-likeness (QED) is 0.0620. The third kappa shape index (κ3) is 9.72. The zero-order chi connectivity index (χ0) is 34.6. The van der Waals surface area contributed by atoms with Crippen LogP contribution in [-0.4, -0.2) is 99.4 Å². The second kappa shape index (κ2) is 17.7. The molecule has 5 rings (SSSR count). The highest BCUT2D eigenvalue weighted by molar-refractivity contribution is 5.55. The van der Waals surface area contributed by atoms with Crippen molar-refractivity contribution in [3.63, 3.8) is 0 Å². The average Bonchev–Trinajstić information content (AvgIpc) is 3.54. The first-order valence-corrected chi connectivity index (χ1v) is 15.9. The van der Waals surface area contributed by atoms with E-state index < -0.39 is 35.6 Å². The van der Waals surface area contributed by atoms with Gasteiger partial charge in [-0.25, -0.2) is 4.68 Å². The number of aromatic hydroxyl groups is 5. The molecule has 15 heteroatoms. The molecule has 2 heterocycles. The first-order chi connectivity index (χ1) is 23.8. The van der Waals surface area contributed by atoms with Crippen LogP contribution in [0.1, 0.15) is 34.6 Å². The minimum Gasteiger partial charge on any atom is -0.508 e. The zero-order valence-electron chi connectivity index (χ0n) is 26.9. The number of phenolic OH excluding ortho intramolecular Hbond substituents is 5. The van der Waals surface area contributed by atoms with Gasteiger partial charge in [-0.2, -0.15) is 0 Å². The van der Waals surface area contributed by atoms with Crippen LogP contribution in [0.3, 0.4) is 0 Å². The van der Waals surface area contributed by atoms with Crippen molar-refractivity contribution in [3.8, 4) is 34.5 Å². The predicted molar refractivity (Wildman–Crippen MR) is 174 cm³/mol. The summed E-state index contributed by atoms with van der Waals surface area (Å²) in [5, 5.41) is 60.2. The van der Waals surface area contributed by atoms with Crippen molar-refractivity contribution in [1.82, 2.24) is 15.0 Å². The largest absolute Gasteiger partial charge is 0.508 e. The molecule has 0 radical (unpaired) electrons. The van der Waals surface area contributed by atoms with Crippen molar-refractivity contribution in [2.24, 2.45) is 5.73 Å². The van der Waals surface area contributed by atoms with E-state index in [9.17, 15) is 25.5 Å². The van der Waals surface area contributed by atoms with E-state index in [1.165, 1.54) is 24.3 Å². The highest BCUT2D eigenvalue weighted by Crippen LogP contribution is 2.51. The Bertz CT molecular complexity index is 1600. The van der Waals surface area contributed by atoms with E-state index in [1.54, 1.807) is 10.9 Å². The monoisotopic (exact) mass is 682 g/mol. The van der Waals surface area contributed by atoms with Crippen molar-refractivity contribution < 1.29 is 54.0 Å². The molecular weight excluding hydrogens is 640 g/mol. The van der Waals surface area contributed by atoms with Crippen molar-refractivity contribution in [2.45, 2.75) is 37.9 Å². The Hall–Kier alpha value is -4.64. The lowest BCUT2D eigenvalue weighted by Gasteiger charge is -2.39. The van der Waals surface area contributed by atoms with Crippen LogP contribution < -0.4 is 10.5 Å². The van der Waals surface area contributed by atoms with Gasteiger partial charge < -0.3 is 59.7 Å². The first-order valence-electron chi connectivity index (χ1n) is 15.9. The number of fused-ring (bicyclic) bond motifs is 1. The SMILES string of the molecule is NCCOCCOCCOCCc1cn(CCOC2c3c(O)cc(O)cc3OC(c3cc(O)c(O)c(O)c3)C2OCc2ccccc2)nn1. The van der Waals surface area contributed by atoms with Crippen LogP contribution in [0.2, 0.25) is 0 Å². The van der Waals surface area contributed by atoms with Crippen LogP contribution in [0, 0.1) is 0 Å². The number of phenols is 5. The van der Waals surface area contributed by atoms with E-state index in [0.717, 1.165) is 11.3 Å². The molecule has 264 valence electrons. The van der Waals surface area contributed by atoms with Gasteiger partial charge in [0.1, 0.15) is 29.5 Å². The summed E-state index contributed by atoms with van der Waals surface area (Å²) in [5.74, 6) is -2.20. The number of hydrogen-bond acceptors (Lipinski definition) is 14. The second-order valence-electron chi connectivity index (χ2n) is 11.2. The maximum atomic E-state index is 11.0. The van der Waals surface area contributed by atoms with E-state index in [1.807, 2.05) is 30.3 Å². The molecule has 4 aromatic rings. The lowest BCUT2D eigenvalue weighted by molar-refractivity contribution is -0.140. The molecule has 0 fully saturated rings. The fraction of sp³-hybridized carbons (Fsp3) is 0.412. The smallest absolute Gasteiger partial charge is 0.200 e. The minimum absolute atomic E-state index is 0.111. The molecule has 0 spiro atoms. The van der Waals surface area contributed by atoms with Crippen molar-refractivity contribution in [3.05, 3.63) is 83.2 Å². The summed E-state index contributed by atoms with van der Waals surface area (Å²) >= 11 is 0. The molecule has 15 nitrogen and oxygen atoms in total. The van der Waals surface area contributed by atoms with Gasteiger partial charge in [0.15, 0.2) is 23.4 Å². The van der Waals surface area contributed by atoms with Crippen molar-refractivity contribution in [2.75, 3.05) is 52.8 Å². The molecule has 49 heavy (non-hydrogen) atoms. The van der Waals surface area contributed by atoms with Gasteiger partial charge in [0.25, 0.3) is 0 Å². The predicted octanol–water partition coefficient (Wildman–Crippen LogP) is 2.83. The summed E-state index contributed by atoms with van der Waals surface area (Å²) in [7, 11) is 0. The summed E-state index contributed by atoms with van der Waals surface area (Å²) < 4.78 is 37.0. The molecule has 1 aromatic heterocycles. The second-order valence-corrected chi connectivity index (χ2v) is 11.2. The molecule has 1 aliphatic rings. The number of aromatic nitrogens is 3. The number of nitrogens with zero attached hydrogens (tertiary/aromatic N) is 3. The molecule has 7 N–H and O–H groups in total. The molecule has 0 saturated carbocycles. The minimum atomic E-state index is -1.01. The van der Waals surface area contributed by atoms with Crippen LogP contribution in [0.15, 0.2) is 60.8 Å². The zero-order valence-corrected chi connectivity index (χ0v) is 26.9. The van der Waals surface area contributed by atoms with Gasteiger partial charge in [0.05, 0.1) is 70.7 Å². The number of benzene rings is 3. The lowest BCUT2D eigenvalue weighted by atomic mass is 9.90. The Morgan fingerprint density at radius 2 is 1.47 bits per heavy atom. The Labute approximate surface area is 282 Å². The Balaban J connectivity index is 1.26. The van der Waals surface area contributed by atoms with Crippen LogP contribution in [-0.2, 0) is 43.3 Å². The van der Waals surface area contributed by atoms with Gasteiger partial charge in [0.2, 0.25) is 0 Å². The highest BCUT2D eigenvalue weighted by atomic mass is 16.6. The molecule has 0 amide bonds. The number of ether oxygens (including phenoxy) is 6. The van der Waals surface area contributed by atoms with Crippen LogP contribution >= 0.6 is 0 Å². The molecule has 0 bridgehead atoms. The Morgan fingerprint density at radius 3 is 2.18 bits per heavy atom. The Kier molecular flexibility index (Phi) is 12.9. The molecule has 3 unspecified atom stereocenters. The molecular formula is C34H42N4O11. The number of rotatable bonds is 19. The Morgan fingerprint density at radius 1 is 0.776 bits per heavy atom. The van der Waals surface area contributed by atoms with Gasteiger partial charge in [-0.05, 0) is 17.7 Å². The third-order valence-corrected chi connectivity index (χ3v) is 7.66. The van der Waals surface area contributed by atoms with Crippen LogP contribution in [0.5, 0.6) is 34.5 Å². The maximum Gasteiger partial charge on any atom is 0.200 e. The van der Waals surface area contributed by atoms with Gasteiger partial charge in [-0.3, -0.25) is 0 Å². The molecule has 0 aliphatic carbocycles. The summed E-state index contributed by atoms with van der Waals surface area (Å²) in [5.41, 5.74) is 7.48. The van der Waals surface area contributed by atoms with Crippen molar-refractivity contribution in [1.29, 1.82) is 0 Å². The van der Waals surface area contributed by atoms with Crippen molar-refractivity contribution >= 4 is 0 Å². The van der Waals surface area contributed by atoms with Crippen LogP contribution in [0.4, 0.5) is 0 Å². The van der Waals surface area contributed by atoms with E-state index in [2.05, 4.69) is 10.3 Å². The van der Waals surface area contributed by atoms with Gasteiger partial charge >= 0.3 is 0 Å². The van der Waals surface area contributed by atoms with Gasteiger partial charge in [0, 0.05) is 36.9 Å². The summed E-state index contributed by atoms with van der Waals surface area (Å²) in [6.45, 7) is 3.84. The summed E-state index contributed by atoms with van der Waals surface area (Å²) in [6, 6.07) is 14.4. The lowest BCUT2D eigenvalue weighted by Crippen LogP contribution is -2.38. The summed E-state index contributed by atoms with van der Waals surface area (Å²) in [4.78, 5) is 0. The molecule has 1 aliphatic heterocycles. The first kappa shape index (κ1) is 35.7. The van der Waals surface area contributed by atoms with E-state index in [-0.39, 0.29) is 41.6 Å². The standard InChI is InChI=1S/C34H42N4O11/c35-7-10-45-13-15-46-14-12-44-9-6-24-20-38(37-36-24)8-11-47-33-30-26(40)18-25(39)19-29(30)49-32(23-16-27(41)31(43)28(42)17-23)34(33)48-21-22-4-2-1-3-5-22/h1-5,16-20,32-34,39-43H,6-15,21,35H2. The van der Waals surface area contributed by atoms with Gasteiger partial charge in [-0.15, -0.1) is 5.10 Å². The van der Waals surface area contributed by atoms with Crippen LogP contribution in [0.25, 0.3) is 0 Å². The average molecular weight is 683 g/mol. The number of nitrogens with two attached hydrogens (primary N) is 1. The summed E-state index contributed by atoms with van der Waals surface area (Å²) in [6.07, 6.45) is -0.541. The molecule has 0 saturated heterocycles. The van der Waals surface area contributed by atoms with E-state index >= 15 is 0 Å². The molecule has 3 aromatic carbocycles. The maximum absolute atomic E-state index is 11.0. The fourth-order valence-electron chi connectivity index (χ4n) is 5.31. The van der Waals surface area contributed by atoms with E-state index in [4.69, 9.17) is 34.2 Å².